The van der Waals surface area contributed by atoms with E-state index in [0.717, 1.165) is 38.5 Å². The van der Waals surface area contributed by atoms with E-state index in [1.807, 2.05) is 13.8 Å². The molecule has 0 saturated heterocycles. The molecular formula is C15H26F2O4. The Balaban J connectivity index is 3.95. The van der Waals surface area contributed by atoms with Crippen molar-refractivity contribution in [2.45, 2.75) is 71.1 Å². The molecule has 0 fully saturated rings. The monoisotopic (exact) mass is 308 g/mol. The fourth-order valence-electron chi connectivity index (χ4n) is 1.65. The molecule has 4 nitrogen and oxygen atoms in total. The van der Waals surface area contributed by atoms with Gasteiger partial charge >= 0.3 is 17.9 Å². The topological polar surface area (TPSA) is 52.6 Å². The van der Waals surface area contributed by atoms with E-state index in [2.05, 4.69) is 9.47 Å². The molecule has 0 bridgehead atoms. The summed E-state index contributed by atoms with van der Waals surface area (Å²) in [7, 11) is 0. The van der Waals surface area contributed by atoms with Gasteiger partial charge in [-0.2, -0.15) is 8.78 Å². The summed E-state index contributed by atoms with van der Waals surface area (Å²) in [5.74, 6) is -7.86. The van der Waals surface area contributed by atoms with Crippen LogP contribution in [-0.4, -0.2) is 31.1 Å². The van der Waals surface area contributed by atoms with Crippen LogP contribution >= 0.6 is 0 Å². The van der Waals surface area contributed by atoms with Crippen molar-refractivity contribution in [1.82, 2.24) is 0 Å². The maximum Gasteiger partial charge on any atom is 0.437 e. The molecule has 0 unspecified atom stereocenters. The zero-order chi connectivity index (χ0) is 16.1. The van der Waals surface area contributed by atoms with Crippen LogP contribution < -0.4 is 0 Å². The first kappa shape index (κ1) is 19.8. The molecule has 0 aliphatic carbocycles. The van der Waals surface area contributed by atoms with Crippen molar-refractivity contribution in [3.8, 4) is 0 Å². The first-order valence-corrected chi connectivity index (χ1v) is 7.69. The molecule has 0 N–H and O–H groups in total. The number of halogens is 2. The molecule has 124 valence electrons. The highest BCUT2D eigenvalue weighted by molar-refractivity contribution is 6.01. The van der Waals surface area contributed by atoms with Gasteiger partial charge in [0, 0.05) is 0 Å². The Labute approximate surface area is 125 Å². The summed E-state index contributed by atoms with van der Waals surface area (Å²) in [6.45, 7) is 3.82. The van der Waals surface area contributed by atoms with Crippen molar-refractivity contribution in [1.29, 1.82) is 0 Å². The lowest BCUT2D eigenvalue weighted by molar-refractivity contribution is -0.190. The second-order valence-corrected chi connectivity index (χ2v) is 4.97. The molecule has 0 aromatic heterocycles. The Morgan fingerprint density at radius 3 is 1.48 bits per heavy atom. The number of carbonyl (C=O) groups is 2. The fourth-order valence-corrected chi connectivity index (χ4v) is 1.65. The molecule has 0 amide bonds. The largest absolute Gasteiger partial charge is 0.461 e. The number of carbonyl (C=O) groups excluding carboxylic acids is 2. The van der Waals surface area contributed by atoms with Gasteiger partial charge in [0.15, 0.2) is 0 Å². The maximum atomic E-state index is 13.4. The zero-order valence-corrected chi connectivity index (χ0v) is 13.0. The highest BCUT2D eigenvalue weighted by Gasteiger charge is 2.51. The van der Waals surface area contributed by atoms with E-state index in [1.165, 1.54) is 0 Å². The first-order valence-electron chi connectivity index (χ1n) is 7.69. The molecule has 0 saturated carbocycles. The highest BCUT2D eigenvalue weighted by atomic mass is 19.3. The fraction of sp³-hybridized carbons (Fsp3) is 0.867. The van der Waals surface area contributed by atoms with Gasteiger partial charge in [0.1, 0.15) is 0 Å². The number of rotatable bonds is 12. The summed E-state index contributed by atoms with van der Waals surface area (Å²) < 4.78 is 35.7. The predicted molar refractivity (Wildman–Crippen MR) is 75.1 cm³/mol. The van der Waals surface area contributed by atoms with Crippen LogP contribution in [0.1, 0.15) is 65.2 Å². The van der Waals surface area contributed by atoms with Crippen molar-refractivity contribution < 1.29 is 27.8 Å². The van der Waals surface area contributed by atoms with Gasteiger partial charge < -0.3 is 9.47 Å². The van der Waals surface area contributed by atoms with E-state index in [1.54, 1.807) is 0 Å². The standard InChI is InChI=1S/C15H26F2O4/c1-3-5-7-9-11-20-13(18)15(16,17)14(19)21-12-10-8-6-4-2/h3-12H2,1-2H3. The Morgan fingerprint density at radius 1 is 0.762 bits per heavy atom. The molecule has 0 heterocycles. The van der Waals surface area contributed by atoms with E-state index in [9.17, 15) is 18.4 Å². The minimum absolute atomic E-state index is 0.0990. The minimum Gasteiger partial charge on any atom is -0.461 e. The Morgan fingerprint density at radius 2 is 1.14 bits per heavy atom. The summed E-state index contributed by atoms with van der Waals surface area (Å²) in [6, 6.07) is 0. The van der Waals surface area contributed by atoms with Gasteiger partial charge in [-0.05, 0) is 12.8 Å². The Kier molecular flexibility index (Phi) is 10.8. The Bertz CT molecular complexity index is 278. The SMILES string of the molecule is CCCCCCOC(=O)C(F)(F)C(=O)OCCCCCC. The van der Waals surface area contributed by atoms with Gasteiger partial charge in [-0.25, -0.2) is 9.59 Å². The van der Waals surface area contributed by atoms with Gasteiger partial charge in [0.2, 0.25) is 0 Å². The molecule has 21 heavy (non-hydrogen) atoms. The van der Waals surface area contributed by atoms with Crippen LogP contribution in [0.4, 0.5) is 8.78 Å². The van der Waals surface area contributed by atoms with E-state index >= 15 is 0 Å². The molecule has 0 aromatic carbocycles. The second kappa shape index (κ2) is 11.5. The summed E-state index contributed by atoms with van der Waals surface area (Å²) in [5, 5.41) is 0. The molecular weight excluding hydrogens is 282 g/mol. The third kappa shape index (κ3) is 8.63. The Hall–Kier alpha value is -1.20. The number of hydrogen-bond donors (Lipinski definition) is 0. The first-order chi connectivity index (χ1) is 9.96. The second-order valence-electron chi connectivity index (χ2n) is 4.97. The molecule has 0 aromatic rings. The number of hydrogen-bond acceptors (Lipinski definition) is 4. The highest BCUT2D eigenvalue weighted by Crippen LogP contribution is 2.18. The van der Waals surface area contributed by atoms with Gasteiger partial charge in [-0.3, -0.25) is 0 Å². The molecule has 0 aliphatic heterocycles. The van der Waals surface area contributed by atoms with Gasteiger partial charge in [0.05, 0.1) is 13.2 Å². The van der Waals surface area contributed by atoms with Crippen molar-refractivity contribution in [3.63, 3.8) is 0 Å². The van der Waals surface area contributed by atoms with E-state index in [0.29, 0.717) is 12.8 Å². The van der Waals surface area contributed by atoms with Crippen LogP contribution in [0.25, 0.3) is 0 Å². The van der Waals surface area contributed by atoms with Crippen molar-refractivity contribution in [2.24, 2.45) is 0 Å². The lowest BCUT2D eigenvalue weighted by Crippen LogP contribution is -2.41. The van der Waals surface area contributed by atoms with Crippen molar-refractivity contribution in [3.05, 3.63) is 0 Å². The van der Waals surface area contributed by atoms with E-state index in [-0.39, 0.29) is 13.2 Å². The maximum absolute atomic E-state index is 13.4. The summed E-state index contributed by atoms with van der Waals surface area (Å²) >= 11 is 0. The lowest BCUT2D eigenvalue weighted by Gasteiger charge is -2.14. The molecule has 0 aliphatic rings. The summed E-state index contributed by atoms with van der Waals surface area (Å²) in [6.07, 6.45) is 6.53. The molecule has 0 rings (SSSR count). The van der Waals surface area contributed by atoms with Gasteiger partial charge in [0.25, 0.3) is 0 Å². The normalized spacial score (nSPS) is 11.2. The van der Waals surface area contributed by atoms with Crippen LogP contribution in [0.3, 0.4) is 0 Å². The predicted octanol–water partition coefficient (Wildman–Crippen LogP) is 3.87. The van der Waals surface area contributed by atoms with Gasteiger partial charge in [-0.15, -0.1) is 0 Å². The van der Waals surface area contributed by atoms with E-state index in [4.69, 9.17) is 0 Å². The minimum atomic E-state index is -4.21. The number of ether oxygens (including phenoxy) is 2. The smallest absolute Gasteiger partial charge is 0.437 e. The lowest BCUT2D eigenvalue weighted by atomic mass is 10.2. The van der Waals surface area contributed by atoms with Crippen molar-refractivity contribution >= 4 is 11.9 Å². The van der Waals surface area contributed by atoms with Gasteiger partial charge in [-0.1, -0.05) is 52.4 Å². The van der Waals surface area contributed by atoms with Crippen LogP contribution in [0, 0.1) is 0 Å². The average Bonchev–Trinajstić information content (AvgIpc) is 2.46. The summed E-state index contributed by atoms with van der Waals surface area (Å²) in [4.78, 5) is 22.4. The third-order valence-corrected chi connectivity index (χ3v) is 2.97. The van der Waals surface area contributed by atoms with E-state index < -0.39 is 17.9 Å². The quantitative estimate of drug-likeness (QED) is 0.312. The van der Waals surface area contributed by atoms with Crippen LogP contribution in [0.5, 0.6) is 0 Å². The molecule has 0 atom stereocenters. The number of unbranched alkanes of at least 4 members (excludes halogenated alkanes) is 6. The van der Waals surface area contributed by atoms with Crippen LogP contribution in [0.15, 0.2) is 0 Å². The molecule has 6 heteroatoms. The summed E-state index contributed by atoms with van der Waals surface area (Å²) in [5.41, 5.74) is 0. The van der Waals surface area contributed by atoms with Crippen LogP contribution in [-0.2, 0) is 19.1 Å². The third-order valence-electron chi connectivity index (χ3n) is 2.97. The number of alkyl halides is 2. The number of esters is 2. The van der Waals surface area contributed by atoms with Crippen molar-refractivity contribution in [2.75, 3.05) is 13.2 Å². The molecule has 0 radical (unpaired) electrons. The average molecular weight is 308 g/mol. The molecule has 0 spiro atoms. The zero-order valence-electron chi connectivity index (χ0n) is 13.0. The van der Waals surface area contributed by atoms with Crippen LogP contribution in [0.2, 0.25) is 0 Å².